The van der Waals surface area contributed by atoms with Crippen molar-refractivity contribution >= 4 is 34.4 Å². The molecule has 3 heterocycles. The van der Waals surface area contributed by atoms with Crippen LogP contribution in [0.3, 0.4) is 0 Å². The normalized spacial score (nSPS) is 16.2. The second-order valence-corrected chi connectivity index (χ2v) is 7.18. The van der Waals surface area contributed by atoms with Gasteiger partial charge in [0.05, 0.1) is 16.7 Å². The molecular weight excluding hydrogens is 381 g/mol. The first-order valence-corrected chi connectivity index (χ1v) is 9.19. The van der Waals surface area contributed by atoms with Crippen LogP contribution in [0, 0.1) is 12.7 Å². The van der Waals surface area contributed by atoms with Gasteiger partial charge in [-0.1, -0.05) is 29.8 Å². The second kappa shape index (κ2) is 6.17. The van der Waals surface area contributed by atoms with Crippen LogP contribution in [0.4, 0.5) is 10.2 Å². The zero-order valence-corrected chi connectivity index (χ0v) is 15.6. The maximum atomic E-state index is 14.6. The molecule has 1 atom stereocenters. The van der Waals surface area contributed by atoms with Crippen molar-refractivity contribution in [1.82, 2.24) is 19.7 Å². The number of aromatic nitrogens is 4. The zero-order valence-electron chi connectivity index (χ0n) is 14.8. The lowest BCUT2D eigenvalue weighted by molar-refractivity contribution is -0.116. The van der Waals surface area contributed by atoms with Gasteiger partial charge in [0.2, 0.25) is 11.9 Å². The summed E-state index contributed by atoms with van der Waals surface area (Å²) in [6.07, 6.45) is 0.0975. The summed E-state index contributed by atoms with van der Waals surface area (Å²) in [5, 5.41) is 7.73. The number of imidazole rings is 1. The molecule has 1 aliphatic heterocycles. The van der Waals surface area contributed by atoms with Crippen LogP contribution < -0.4 is 5.32 Å². The Morgan fingerprint density at radius 3 is 2.79 bits per heavy atom. The highest BCUT2D eigenvalue weighted by Crippen LogP contribution is 2.43. The molecule has 4 aromatic rings. The van der Waals surface area contributed by atoms with E-state index >= 15 is 0 Å². The molecule has 0 saturated carbocycles. The van der Waals surface area contributed by atoms with E-state index in [1.54, 1.807) is 16.8 Å². The number of carbonyl (C=O) groups excluding carboxylic acids is 1. The zero-order chi connectivity index (χ0) is 19.4. The molecule has 0 aliphatic carbocycles. The summed E-state index contributed by atoms with van der Waals surface area (Å²) in [5.41, 5.74) is 3.38. The predicted molar refractivity (Wildman–Crippen MR) is 104 cm³/mol. The lowest BCUT2D eigenvalue weighted by Gasteiger charge is -2.25. The molecule has 140 valence electrons. The number of nitrogens with one attached hydrogen (secondary N) is 2. The van der Waals surface area contributed by atoms with Gasteiger partial charge in [0.25, 0.3) is 0 Å². The molecule has 5 rings (SSSR count). The number of hydrogen-bond donors (Lipinski definition) is 2. The van der Waals surface area contributed by atoms with Crippen molar-refractivity contribution in [2.45, 2.75) is 19.3 Å². The largest absolute Gasteiger partial charge is 0.322 e. The first-order chi connectivity index (χ1) is 13.5. The van der Waals surface area contributed by atoms with Gasteiger partial charge in [0.1, 0.15) is 11.6 Å². The number of fused-ring (bicyclic) bond motifs is 2. The van der Waals surface area contributed by atoms with E-state index in [-0.39, 0.29) is 12.3 Å². The van der Waals surface area contributed by atoms with Crippen LogP contribution in [0.15, 0.2) is 42.5 Å². The SMILES string of the molecule is Cc1nn(-c2nc3ccccc3[nH]2)c2c1[C@H](c1c(F)cccc1Cl)CC(=O)N2. The minimum Gasteiger partial charge on any atom is -0.322 e. The van der Waals surface area contributed by atoms with Crippen LogP contribution >= 0.6 is 11.6 Å². The third-order valence-electron chi connectivity index (χ3n) is 5.03. The van der Waals surface area contributed by atoms with Crippen LogP contribution in [0.1, 0.15) is 29.2 Å². The first kappa shape index (κ1) is 16.9. The van der Waals surface area contributed by atoms with Gasteiger partial charge in [-0.25, -0.2) is 9.37 Å². The molecule has 8 heteroatoms. The van der Waals surface area contributed by atoms with Crippen molar-refractivity contribution in [3.05, 3.63) is 70.1 Å². The van der Waals surface area contributed by atoms with E-state index in [4.69, 9.17) is 11.6 Å². The number of nitrogens with zero attached hydrogens (tertiary/aromatic N) is 3. The smallest absolute Gasteiger partial charge is 0.231 e. The Hall–Kier alpha value is -3.19. The van der Waals surface area contributed by atoms with Crippen LogP contribution in [0.5, 0.6) is 0 Å². The molecule has 1 amide bonds. The molecule has 2 aromatic heterocycles. The number of carbonyl (C=O) groups is 1. The molecule has 2 N–H and O–H groups in total. The predicted octanol–water partition coefficient (Wildman–Crippen LogP) is 4.32. The number of rotatable bonds is 2. The molecule has 0 spiro atoms. The molecule has 0 saturated heterocycles. The number of para-hydroxylation sites is 2. The molecule has 0 radical (unpaired) electrons. The average Bonchev–Trinajstić information content (AvgIpc) is 3.22. The summed E-state index contributed by atoms with van der Waals surface area (Å²) in [4.78, 5) is 20.2. The van der Waals surface area contributed by atoms with Crippen molar-refractivity contribution in [2.24, 2.45) is 0 Å². The van der Waals surface area contributed by atoms with Gasteiger partial charge in [-0.2, -0.15) is 9.78 Å². The van der Waals surface area contributed by atoms with Gasteiger partial charge in [-0.15, -0.1) is 0 Å². The van der Waals surface area contributed by atoms with E-state index in [1.807, 2.05) is 31.2 Å². The van der Waals surface area contributed by atoms with E-state index < -0.39 is 11.7 Å². The number of aryl methyl sites for hydroxylation is 1. The van der Waals surface area contributed by atoms with Gasteiger partial charge >= 0.3 is 0 Å². The summed E-state index contributed by atoms with van der Waals surface area (Å²) in [5.74, 6) is -0.220. The number of halogens is 2. The highest BCUT2D eigenvalue weighted by molar-refractivity contribution is 6.31. The maximum absolute atomic E-state index is 14.6. The van der Waals surface area contributed by atoms with Crippen molar-refractivity contribution in [1.29, 1.82) is 0 Å². The molecule has 28 heavy (non-hydrogen) atoms. The summed E-state index contributed by atoms with van der Waals surface area (Å²) in [7, 11) is 0. The number of aromatic amines is 1. The number of anilines is 1. The standard InChI is InChI=1S/C20H15ClFN5O/c1-10-17-11(18-12(21)5-4-6-13(18)22)9-16(28)25-19(17)27(26-10)20-23-14-7-2-3-8-15(14)24-20/h2-8,11H,9H2,1H3,(H,23,24)(H,25,28)/t11-/m1/s1. The number of benzene rings is 2. The van der Waals surface area contributed by atoms with Gasteiger partial charge in [0, 0.05) is 28.5 Å². The molecule has 6 nitrogen and oxygen atoms in total. The molecule has 0 bridgehead atoms. The lowest BCUT2D eigenvalue weighted by atomic mass is 9.85. The van der Waals surface area contributed by atoms with E-state index in [2.05, 4.69) is 20.4 Å². The third kappa shape index (κ3) is 2.51. The average molecular weight is 396 g/mol. The minimum absolute atomic E-state index is 0.0975. The van der Waals surface area contributed by atoms with Crippen LogP contribution in [-0.2, 0) is 4.79 Å². The Morgan fingerprint density at radius 1 is 1.18 bits per heavy atom. The van der Waals surface area contributed by atoms with Crippen molar-refractivity contribution < 1.29 is 9.18 Å². The lowest BCUT2D eigenvalue weighted by Crippen LogP contribution is -2.25. The van der Waals surface area contributed by atoms with Crippen molar-refractivity contribution in [3.63, 3.8) is 0 Å². The third-order valence-corrected chi connectivity index (χ3v) is 5.36. The Kier molecular flexibility index (Phi) is 3.73. The fourth-order valence-corrected chi connectivity index (χ4v) is 4.12. The minimum atomic E-state index is -0.518. The molecule has 0 unspecified atom stereocenters. The van der Waals surface area contributed by atoms with Gasteiger partial charge < -0.3 is 10.3 Å². The highest BCUT2D eigenvalue weighted by Gasteiger charge is 2.35. The van der Waals surface area contributed by atoms with Crippen LogP contribution in [-0.4, -0.2) is 25.7 Å². The van der Waals surface area contributed by atoms with E-state index in [0.717, 1.165) is 16.6 Å². The Labute approximate surface area is 164 Å². The molecular formula is C20H15ClFN5O. The summed E-state index contributed by atoms with van der Waals surface area (Å²) < 4.78 is 16.2. The van der Waals surface area contributed by atoms with E-state index in [1.165, 1.54) is 6.07 Å². The topological polar surface area (TPSA) is 75.6 Å². The quantitative estimate of drug-likeness (QED) is 0.530. The summed E-state index contributed by atoms with van der Waals surface area (Å²) >= 11 is 6.29. The summed E-state index contributed by atoms with van der Waals surface area (Å²) in [6.45, 7) is 1.83. The molecule has 1 aliphatic rings. The fourth-order valence-electron chi connectivity index (χ4n) is 3.83. The molecule has 0 fully saturated rings. The van der Waals surface area contributed by atoms with Gasteiger partial charge in [-0.05, 0) is 31.2 Å². The van der Waals surface area contributed by atoms with Crippen LogP contribution in [0.2, 0.25) is 5.02 Å². The number of H-pyrrole nitrogens is 1. The summed E-state index contributed by atoms with van der Waals surface area (Å²) in [6, 6.07) is 12.1. The monoisotopic (exact) mass is 395 g/mol. The number of hydrogen-bond acceptors (Lipinski definition) is 3. The van der Waals surface area contributed by atoms with Gasteiger partial charge in [-0.3, -0.25) is 4.79 Å². The highest BCUT2D eigenvalue weighted by atomic mass is 35.5. The van der Waals surface area contributed by atoms with Crippen molar-refractivity contribution in [3.8, 4) is 5.95 Å². The first-order valence-electron chi connectivity index (χ1n) is 8.81. The Bertz CT molecular complexity index is 1190. The molecule has 2 aromatic carbocycles. The maximum Gasteiger partial charge on any atom is 0.231 e. The second-order valence-electron chi connectivity index (χ2n) is 6.78. The number of amides is 1. The van der Waals surface area contributed by atoms with E-state index in [9.17, 15) is 9.18 Å². The van der Waals surface area contributed by atoms with Gasteiger partial charge in [0.15, 0.2) is 0 Å². The Morgan fingerprint density at radius 2 is 2.00 bits per heavy atom. The fraction of sp³-hybridized carbons (Fsp3) is 0.150. The van der Waals surface area contributed by atoms with Crippen molar-refractivity contribution in [2.75, 3.05) is 5.32 Å². The van der Waals surface area contributed by atoms with Crippen LogP contribution in [0.25, 0.3) is 17.0 Å². The Balaban J connectivity index is 1.72. The van der Waals surface area contributed by atoms with E-state index in [0.29, 0.717) is 28.0 Å².